The van der Waals surface area contributed by atoms with Crippen LogP contribution in [0.2, 0.25) is 0 Å². The number of halogens is 3. The fourth-order valence-electron chi connectivity index (χ4n) is 2.65. The molecule has 0 radical (unpaired) electrons. The molecule has 136 valence electrons. The van der Waals surface area contributed by atoms with Crippen molar-refractivity contribution in [3.63, 3.8) is 0 Å². The van der Waals surface area contributed by atoms with Crippen molar-refractivity contribution in [3.05, 3.63) is 11.3 Å². The van der Waals surface area contributed by atoms with Gasteiger partial charge in [0, 0.05) is 5.75 Å². The van der Waals surface area contributed by atoms with Crippen molar-refractivity contribution in [2.24, 2.45) is 0 Å². The van der Waals surface area contributed by atoms with Gasteiger partial charge >= 0.3 is 5.97 Å². The smallest absolute Gasteiger partial charge is 0.355 e. The monoisotopic (exact) mass is 433 g/mol. The van der Waals surface area contributed by atoms with Crippen molar-refractivity contribution in [1.82, 2.24) is 9.99 Å². The van der Waals surface area contributed by atoms with Crippen LogP contribution in [0.1, 0.15) is 20.8 Å². The van der Waals surface area contributed by atoms with Crippen molar-refractivity contribution >= 4 is 66.5 Å². The molecule has 2 rings (SSSR count). The predicted molar refractivity (Wildman–Crippen MR) is 103 cm³/mol. The first-order chi connectivity index (χ1) is 11.2. The highest BCUT2D eigenvalue weighted by molar-refractivity contribution is 8.00. The zero-order valence-electron chi connectivity index (χ0n) is 13.7. The molecule has 2 aliphatic heterocycles. The van der Waals surface area contributed by atoms with Crippen LogP contribution < -0.4 is 5.09 Å². The highest BCUT2D eigenvalue weighted by atomic mass is 35.6. The summed E-state index contributed by atoms with van der Waals surface area (Å²) in [7, 11) is -0.741. The number of hydrogen-bond acceptors (Lipinski definition) is 5. The Hall–Kier alpha value is 0.290. The van der Waals surface area contributed by atoms with Gasteiger partial charge in [-0.15, -0.1) is 11.8 Å². The Balaban J connectivity index is 2.09. The number of carbonyl (C=O) groups excluding carboxylic acids is 2. The molecule has 1 amide bonds. The lowest BCUT2D eigenvalue weighted by Gasteiger charge is -2.49. The third kappa shape index (κ3) is 4.52. The van der Waals surface area contributed by atoms with Gasteiger partial charge in [0.1, 0.15) is 17.7 Å². The number of amides is 1. The first kappa shape index (κ1) is 20.6. The van der Waals surface area contributed by atoms with E-state index in [4.69, 9.17) is 39.5 Å². The van der Waals surface area contributed by atoms with Gasteiger partial charge in [0.05, 0.1) is 20.4 Å². The van der Waals surface area contributed by atoms with Crippen LogP contribution in [0.3, 0.4) is 0 Å². The van der Waals surface area contributed by atoms with Gasteiger partial charge in [-0.2, -0.15) is 5.09 Å². The molecule has 2 atom stereocenters. The Labute approximate surface area is 162 Å². The minimum atomic E-state index is -1.67. The summed E-state index contributed by atoms with van der Waals surface area (Å²) in [4.78, 5) is 26.5. The Morgan fingerprint density at radius 3 is 2.58 bits per heavy atom. The normalized spacial score (nSPS) is 24.1. The second kappa shape index (κ2) is 8.32. The Morgan fingerprint density at radius 1 is 1.42 bits per heavy atom. The van der Waals surface area contributed by atoms with E-state index >= 15 is 0 Å². The summed E-state index contributed by atoms with van der Waals surface area (Å²) in [6, 6.07) is -0.229. The molecule has 0 aromatic heterocycles. The summed E-state index contributed by atoms with van der Waals surface area (Å²) in [5, 5.41) is 3.41. The maximum Gasteiger partial charge on any atom is 0.355 e. The zero-order valence-corrected chi connectivity index (χ0v) is 17.8. The van der Waals surface area contributed by atoms with Crippen molar-refractivity contribution in [1.29, 1.82) is 0 Å². The van der Waals surface area contributed by atoms with Gasteiger partial charge in [-0.25, -0.2) is 4.79 Å². The van der Waals surface area contributed by atoms with Crippen molar-refractivity contribution in [2.45, 2.75) is 36.0 Å². The molecule has 1 fully saturated rings. The minimum Gasteiger partial charge on any atom is -0.456 e. The van der Waals surface area contributed by atoms with Crippen LogP contribution in [0.5, 0.6) is 0 Å². The van der Waals surface area contributed by atoms with E-state index in [1.165, 1.54) is 4.90 Å². The van der Waals surface area contributed by atoms with E-state index in [0.29, 0.717) is 5.75 Å². The van der Waals surface area contributed by atoms with Gasteiger partial charge in [0.15, 0.2) is 6.04 Å². The van der Waals surface area contributed by atoms with Crippen LogP contribution >= 0.6 is 54.6 Å². The van der Waals surface area contributed by atoms with Gasteiger partial charge in [-0.1, -0.05) is 34.8 Å². The molecule has 0 aliphatic carbocycles. The van der Waals surface area contributed by atoms with E-state index in [1.807, 2.05) is 6.92 Å². The van der Waals surface area contributed by atoms with E-state index in [2.05, 4.69) is 18.9 Å². The summed E-state index contributed by atoms with van der Waals surface area (Å²) in [6.45, 7) is 5.72. The van der Waals surface area contributed by atoms with E-state index in [1.54, 1.807) is 11.8 Å². The van der Waals surface area contributed by atoms with Crippen molar-refractivity contribution in [2.75, 3.05) is 24.7 Å². The molecule has 0 saturated carbocycles. The molecule has 2 heterocycles. The molecular formula is C14H21Cl3N2O3PS+. The first-order valence-corrected chi connectivity index (χ1v) is 11.8. The molecule has 0 unspecified atom stereocenters. The fourth-order valence-corrected chi connectivity index (χ4v) is 5.86. The summed E-state index contributed by atoms with van der Waals surface area (Å²) in [5.74, 6) is -0.0326. The number of ether oxygens (including phenoxy) is 1. The average Bonchev–Trinajstić information content (AvgIpc) is 2.52. The van der Waals surface area contributed by atoms with Crippen LogP contribution in [0.25, 0.3) is 0 Å². The lowest BCUT2D eigenvalue weighted by Crippen LogP contribution is -2.69. The number of nitrogens with one attached hydrogen (secondary N) is 1. The van der Waals surface area contributed by atoms with Gasteiger partial charge in [-0.3, -0.25) is 9.69 Å². The highest BCUT2D eigenvalue weighted by Crippen LogP contribution is 2.43. The lowest BCUT2D eigenvalue weighted by molar-refractivity contribution is -0.151. The second-order valence-corrected chi connectivity index (χ2v) is 12.2. The third-order valence-corrected chi connectivity index (χ3v) is 8.11. The Morgan fingerprint density at radius 2 is 2.04 bits per heavy atom. The summed E-state index contributed by atoms with van der Waals surface area (Å²) in [6.07, 6.45) is 2.10. The van der Waals surface area contributed by atoms with Crippen LogP contribution in [-0.4, -0.2) is 56.7 Å². The van der Waals surface area contributed by atoms with Gasteiger partial charge in [-0.05, 0) is 26.3 Å². The largest absolute Gasteiger partial charge is 0.456 e. The molecule has 0 aromatic rings. The number of hydrogen-bond donors (Lipinski definition) is 1. The van der Waals surface area contributed by atoms with E-state index < -0.39 is 17.8 Å². The molecule has 0 spiro atoms. The van der Waals surface area contributed by atoms with Crippen LogP contribution in [-0.2, 0) is 14.3 Å². The zero-order chi connectivity index (χ0) is 18.1. The van der Waals surface area contributed by atoms with Crippen LogP contribution in [0.15, 0.2) is 11.3 Å². The number of carbonyl (C=O) groups is 2. The van der Waals surface area contributed by atoms with Crippen molar-refractivity contribution < 1.29 is 14.3 Å². The quantitative estimate of drug-likeness (QED) is 0.301. The van der Waals surface area contributed by atoms with Crippen LogP contribution in [0.4, 0.5) is 0 Å². The Bertz CT molecular complexity index is 552. The van der Waals surface area contributed by atoms with Gasteiger partial charge in [0.25, 0.3) is 5.91 Å². The van der Waals surface area contributed by atoms with E-state index in [0.717, 1.165) is 17.9 Å². The van der Waals surface area contributed by atoms with E-state index in [9.17, 15) is 9.59 Å². The highest BCUT2D eigenvalue weighted by Gasteiger charge is 2.55. The summed E-state index contributed by atoms with van der Waals surface area (Å²) < 4.78 is 3.40. The topological polar surface area (TPSA) is 58.6 Å². The maximum atomic E-state index is 12.6. The number of β-lactam (4-membered cyclic amide) rings is 1. The number of nitrogens with zero attached hydrogens (tertiary/aromatic N) is 1. The number of fused-ring (bicyclic) bond motifs is 1. The minimum absolute atomic E-state index is 0.0744. The molecule has 5 nitrogen and oxygen atoms in total. The van der Waals surface area contributed by atoms with Crippen LogP contribution in [0, 0.1) is 0 Å². The number of alkyl halides is 3. The standard InChI is InChI=1S/C14H20Cl3N2O3PS/c1-4-23(5-2)18-9-11(20)19-10(8(3)6-24-12(9)19)13(21)22-7-14(15,16)17/h9,12,18H,4-7H2,1-3H3/p+1/t9-,12+/m1/s1. The summed E-state index contributed by atoms with van der Waals surface area (Å²) in [5.41, 5.74) is 1.09. The number of rotatable bonds is 6. The van der Waals surface area contributed by atoms with Gasteiger partial charge < -0.3 is 4.74 Å². The molecule has 2 aliphatic rings. The molecule has 0 bridgehead atoms. The molecule has 1 saturated heterocycles. The molecule has 1 N–H and O–H groups in total. The summed E-state index contributed by atoms with van der Waals surface area (Å²) >= 11 is 18.5. The SMILES string of the molecule is CC[PH+](CC)N[C@@H]1C(=O)N2C(C(=O)OCC(Cl)(Cl)Cl)=C(C)CS[C@@H]12. The number of thioether (sulfide) groups is 1. The fraction of sp³-hybridized carbons (Fsp3) is 0.714. The molecule has 0 aromatic carbocycles. The van der Waals surface area contributed by atoms with E-state index in [-0.39, 0.29) is 29.6 Å². The second-order valence-electron chi connectivity index (χ2n) is 5.66. The van der Waals surface area contributed by atoms with Gasteiger partial charge in [0.2, 0.25) is 3.79 Å². The molecular weight excluding hydrogens is 414 g/mol. The average molecular weight is 435 g/mol. The Kier molecular flexibility index (Phi) is 7.14. The molecule has 10 heteroatoms. The molecule has 24 heavy (non-hydrogen) atoms. The van der Waals surface area contributed by atoms with Crippen molar-refractivity contribution in [3.8, 4) is 0 Å². The number of esters is 1. The first-order valence-electron chi connectivity index (χ1n) is 7.69. The maximum absolute atomic E-state index is 12.6. The lowest BCUT2D eigenvalue weighted by atomic mass is 10.0. The third-order valence-electron chi connectivity index (χ3n) is 3.93. The predicted octanol–water partition coefficient (Wildman–Crippen LogP) is 3.22.